The van der Waals surface area contributed by atoms with Crippen LogP contribution in [0, 0.1) is 0 Å². The summed E-state index contributed by atoms with van der Waals surface area (Å²) in [7, 11) is 0. The molecule has 16 heavy (non-hydrogen) atoms. The van der Waals surface area contributed by atoms with Crippen molar-refractivity contribution in [2.45, 2.75) is 19.4 Å². The molecule has 1 heterocycles. The van der Waals surface area contributed by atoms with E-state index in [0.29, 0.717) is 5.82 Å². The first-order chi connectivity index (χ1) is 7.76. The molecule has 0 fully saturated rings. The van der Waals surface area contributed by atoms with E-state index in [9.17, 15) is 0 Å². The second-order valence-electron chi connectivity index (χ2n) is 3.43. The zero-order chi connectivity index (χ0) is 11.8. The Bertz CT molecular complexity index is 309. The van der Waals surface area contributed by atoms with E-state index in [0.717, 1.165) is 18.8 Å². The van der Waals surface area contributed by atoms with E-state index in [2.05, 4.69) is 27.5 Å². The van der Waals surface area contributed by atoms with Crippen LogP contribution in [0.5, 0.6) is 0 Å². The maximum atomic E-state index is 9.16. The standard InChI is InChI=1S/C10H18N4O2/c1-2-3-11-9-4-10(14-7-13-9)12-5-8(16)6-15/h4,7-8,15-16H,2-3,5-6H2,1H3,(H2,11,12,13,14). The number of hydrogen-bond acceptors (Lipinski definition) is 6. The molecule has 0 amide bonds. The number of aromatic nitrogens is 2. The minimum Gasteiger partial charge on any atom is -0.394 e. The summed E-state index contributed by atoms with van der Waals surface area (Å²) in [5, 5.41) is 23.9. The van der Waals surface area contributed by atoms with Gasteiger partial charge in [0.25, 0.3) is 0 Å². The Morgan fingerprint density at radius 1 is 1.31 bits per heavy atom. The molecule has 1 atom stereocenters. The lowest BCUT2D eigenvalue weighted by molar-refractivity contribution is 0.105. The molecule has 0 saturated carbocycles. The second kappa shape index (κ2) is 6.97. The summed E-state index contributed by atoms with van der Waals surface area (Å²) >= 11 is 0. The summed E-state index contributed by atoms with van der Waals surface area (Å²) in [5.74, 6) is 1.37. The Labute approximate surface area is 94.7 Å². The molecular weight excluding hydrogens is 208 g/mol. The van der Waals surface area contributed by atoms with Gasteiger partial charge in [-0.1, -0.05) is 6.92 Å². The highest BCUT2D eigenvalue weighted by Crippen LogP contribution is 2.08. The fourth-order valence-electron chi connectivity index (χ4n) is 1.09. The van der Waals surface area contributed by atoms with Gasteiger partial charge in [0.2, 0.25) is 0 Å². The molecule has 0 aromatic carbocycles. The number of nitrogens with zero attached hydrogens (tertiary/aromatic N) is 2. The molecule has 1 rings (SSSR count). The van der Waals surface area contributed by atoms with Crippen LogP contribution >= 0.6 is 0 Å². The van der Waals surface area contributed by atoms with E-state index in [1.54, 1.807) is 6.07 Å². The van der Waals surface area contributed by atoms with Crippen LogP contribution < -0.4 is 10.6 Å². The summed E-state index contributed by atoms with van der Waals surface area (Å²) in [4.78, 5) is 8.05. The number of aliphatic hydroxyl groups is 2. The summed E-state index contributed by atoms with van der Waals surface area (Å²) in [5.41, 5.74) is 0. The zero-order valence-corrected chi connectivity index (χ0v) is 9.35. The Kier molecular flexibility index (Phi) is 5.52. The van der Waals surface area contributed by atoms with Crippen molar-refractivity contribution in [1.82, 2.24) is 9.97 Å². The molecule has 0 radical (unpaired) electrons. The van der Waals surface area contributed by atoms with Crippen molar-refractivity contribution in [2.24, 2.45) is 0 Å². The molecule has 4 N–H and O–H groups in total. The molecule has 1 aromatic rings. The topological polar surface area (TPSA) is 90.3 Å². The molecule has 0 spiro atoms. The van der Waals surface area contributed by atoms with Crippen LogP contribution in [-0.4, -0.2) is 46.0 Å². The van der Waals surface area contributed by atoms with Crippen molar-refractivity contribution >= 4 is 11.6 Å². The highest BCUT2D eigenvalue weighted by atomic mass is 16.3. The van der Waals surface area contributed by atoms with Crippen molar-refractivity contribution < 1.29 is 10.2 Å². The summed E-state index contributed by atoms with van der Waals surface area (Å²) < 4.78 is 0. The maximum Gasteiger partial charge on any atom is 0.131 e. The summed E-state index contributed by atoms with van der Waals surface area (Å²) in [6.07, 6.45) is 1.70. The average Bonchev–Trinajstić information content (AvgIpc) is 2.34. The van der Waals surface area contributed by atoms with E-state index in [1.165, 1.54) is 6.33 Å². The quantitative estimate of drug-likeness (QED) is 0.526. The van der Waals surface area contributed by atoms with Crippen LogP contribution in [0.4, 0.5) is 11.6 Å². The van der Waals surface area contributed by atoms with E-state index >= 15 is 0 Å². The minimum atomic E-state index is -0.776. The van der Waals surface area contributed by atoms with E-state index < -0.39 is 6.10 Å². The second-order valence-corrected chi connectivity index (χ2v) is 3.43. The van der Waals surface area contributed by atoms with Crippen LogP contribution in [0.25, 0.3) is 0 Å². The van der Waals surface area contributed by atoms with Crippen molar-refractivity contribution in [3.05, 3.63) is 12.4 Å². The molecule has 6 nitrogen and oxygen atoms in total. The number of anilines is 2. The third-order valence-electron chi connectivity index (χ3n) is 1.95. The average molecular weight is 226 g/mol. The van der Waals surface area contributed by atoms with Crippen LogP contribution in [0.15, 0.2) is 12.4 Å². The fourth-order valence-corrected chi connectivity index (χ4v) is 1.09. The number of rotatable bonds is 7. The van der Waals surface area contributed by atoms with Gasteiger partial charge < -0.3 is 20.8 Å². The summed E-state index contributed by atoms with van der Waals surface area (Å²) in [6, 6.07) is 1.76. The Hall–Kier alpha value is -1.40. The smallest absolute Gasteiger partial charge is 0.131 e. The van der Waals surface area contributed by atoms with Gasteiger partial charge in [-0.3, -0.25) is 0 Å². The lowest BCUT2D eigenvalue weighted by Crippen LogP contribution is -2.23. The van der Waals surface area contributed by atoms with Gasteiger partial charge in [-0.25, -0.2) is 9.97 Å². The monoisotopic (exact) mass is 226 g/mol. The fraction of sp³-hybridized carbons (Fsp3) is 0.600. The lowest BCUT2D eigenvalue weighted by Gasteiger charge is -2.10. The SMILES string of the molecule is CCCNc1cc(NCC(O)CO)ncn1. The Morgan fingerprint density at radius 3 is 2.62 bits per heavy atom. The number of aliphatic hydroxyl groups excluding tert-OH is 2. The van der Waals surface area contributed by atoms with E-state index in [4.69, 9.17) is 10.2 Å². The Balaban J connectivity index is 2.46. The molecule has 0 aliphatic heterocycles. The normalized spacial score (nSPS) is 12.2. The van der Waals surface area contributed by atoms with Gasteiger partial charge >= 0.3 is 0 Å². The molecule has 6 heteroatoms. The van der Waals surface area contributed by atoms with Gasteiger partial charge in [-0.2, -0.15) is 0 Å². The van der Waals surface area contributed by atoms with Crippen molar-refractivity contribution in [3.8, 4) is 0 Å². The highest BCUT2D eigenvalue weighted by Gasteiger charge is 2.02. The van der Waals surface area contributed by atoms with Gasteiger partial charge in [-0.05, 0) is 6.42 Å². The van der Waals surface area contributed by atoms with Crippen LogP contribution in [0.3, 0.4) is 0 Å². The third kappa shape index (κ3) is 4.41. The largest absolute Gasteiger partial charge is 0.394 e. The van der Waals surface area contributed by atoms with Gasteiger partial charge in [0.1, 0.15) is 18.0 Å². The predicted molar refractivity (Wildman–Crippen MR) is 62.4 cm³/mol. The Morgan fingerprint density at radius 2 is 2.00 bits per heavy atom. The van der Waals surface area contributed by atoms with Gasteiger partial charge in [0, 0.05) is 19.2 Å². The lowest BCUT2D eigenvalue weighted by atomic mass is 10.4. The molecule has 90 valence electrons. The highest BCUT2D eigenvalue weighted by molar-refractivity contribution is 5.46. The molecular formula is C10H18N4O2. The molecule has 1 aromatic heterocycles. The molecule has 0 saturated heterocycles. The van der Waals surface area contributed by atoms with Gasteiger partial charge in [0.05, 0.1) is 12.7 Å². The minimum absolute atomic E-state index is 0.265. The summed E-state index contributed by atoms with van der Waals surface area (Å²) in [6.45, 7) is 2.93. The first kappa shape index (κ1) is 12.7. The maximum absolute atomic E-state index is 9.16. The molecule has 0 aliphatic rings. The zero-order valence-electron chi connectivity index (χ0n) is 9.35. The molecule has 0 bridgehead atoms. The van der Waals surface area contributed by atoms with E-state index in [1.807, 2.05) is 0 Å². The van der Waals surface area contributed by atoms with Crippen LogP contribution in [0.2, 0.25) is 0 Å². The van der Waals surface area contributed by atoms with E-state index in [-0.39, 0.29) is 13.2 Å². The predicted octanol–water partition coefficient (Wildman–Crippen LogP) is 0.0636. The van der Waals surface area contributed by atoms with Crippen molar-refractivity contribution in [1.29, 1.82) is 0 Å². The first-order valence-corrected chi connectivity index (χ1v) is 5.35. The van der Waals surface area contributed by atoms with Crippen molar-refractivity contribution in [3.63, 3.8) is 0 Å². The van der Waals surface area contributed by atoms with Gasteiger partial charge in [0.15, 0.2) is 0 Å². The molecule has 0 aliphatic carbocycles. The molecule has 1 unspecified atom stereocenters. The van der Waals surface area contributed by atoms with Crippen LogP contribution in [-0.2, 0) is 0 Å². The third-order valence-corrected chi connectivity index (χ3v) is 1.95. The number of nitrogens with one attached hydrogen (secondary N) is 2. The first-order valence-electron chi connectivity index (χ1n) is 5.35. The van der Waals surface area contributed by atoms with Gasteiger partial charge in [-0.15, -0.1) is 0 Å². The van der Waals surface area contributed by atoms with Crippen molar-refractivity contribution in [2.75, 3.05) is 30.3 Å². The van der Waals surface area contributed by atoms with Crippen LogP contribution in [0.1, 0.15) is 13.3 Å². The number of hydrogen-bond donors (Lipinski definition) is 4.